The largest absolute Gasteiger partial charge is 0.508 e. The fourth-order valence-electron chi connectivity index (χ4n) is 1.27. The molecule has 0 spiro atoms. The van der Waals surface area contributed by atoms with Gasteiger partial charge in [-0.15, -0.1) is 0 Å². The van der Waals surface area contributed by atoms with Crippen molar-refractivity contribution in [3.63, 3.8) is 0 Å². The maximum Gasteiger partial charge on any atom is 0.173 e. The topological polar surface area (TPSA) is 90.2 Å². The minimum absolute atomic E-state index is 0.00555. The Morgan fingerprint density at radius 2 is 1.29 bits per heavy atom. The maximum absolute atomic E-state index is 9.49. The Balaban J connectivity index is 2.30. The molecular formula is C12H10O5. The minimum Gasteiger partial charge on any atom is -0.508 e. The third-order valence-corrected chi connectivity index (χ3v) is 2.12. The van der Waals surface area contributed by atoms with Gasteiger partial charge in [0.25, 0.3) is 0 Å². The summed E-state index contributed by atoms with van der Waals surface area (Å²) in [4.78, 5) is 0. The molecule has 0 heterocycles. The number of ether oxygens (including phenoxy) is 1. The smallest absolute Gasteiger partial charge is 0.173 e. The van der Waals surface area contributed by atoms with Crippen molar-refractivity contribution in [1.82, 2.24) is 0 Å². The summed E-state index contributed by atoms with van der Waals surface area (Å²) in [6.45, 7) is 0. The van der Waals surface area contributed by atoms with Gasteiger partial charge in [0.1, 0.15) is 11.5 Å². The number of phenolic OH excluding ortho intramolecular Hbond substituents is 4. The summed E-state index contributed by atoms with van der Waals surface area (Å²) in [5.74, 6) is -0.644. The molecule has 0 saturated carbocycles. The van der Waals surface area contributed by atoms with Crippen LogP contribution in [0.25, 0.3) is 0 Å². The van der Waals surface area contributed by atoms with Gasteiger partial charge in [-0.3, -0.25) is 0 Å². The number of phenols is 4. The van der Waals surface area contributed by atoms with Crippen LogP contribution >= 0.6 is 0 Å². The first-order chi connectivity index (χ1) is 8.06. The summed E-state index contributed by atoms with van der Waals surface area (Å²) in [6, 6.07) is 7.92. The van der Waals surface area contributed by atoms with E-state index < -0.39 is 11.5 Å². The molecule has 0 saturated heterocycles. The molecular weight excluding hydrogens is 224 g/mol. The second kappa shape index (κ2) is 4.13. The zero-order chi connectivity index (χ0) is 12.4. The van der Waals surface area contributed by atoms with E-state index in [-0.39, 0.29) is 17.2 Å². The molecule has 0 aromatic heterocycles. The molecule has 4 N–H and O–H groups in total. The van der Waals surface area contributed by atoms with Crippen molar-refractivity contribution in [2.75, 3.05) is 0 Å². The fraction of sp³-hybridized carbons (Fsp3) is 0. The van der Waals surface area contributed by atoms with Gasteiger partial charge in [0.05, 0.1) is 0 Å². The van der Waals surface area contributed by atoms with Crippen molar-refractivity contribution < 1.29 is 25.2 Å². The van der Waals surface area contributed by atoms with Crippen molar-refractivity contribution in [2.24, 2.45) is 0 Å². The number of hydrogen-bond acceptors (Lipinski definition) is 5. The average Bonchev–Trinajstić information content (AvgIpc) is 2.29. The van der Waals surface area contributed by atoms with E-state index in [2.05, 4.69) is 0 Å². The Bertz CT molecular complexity index is 533. The standard InChI is InChI=1S/C12H10O5/c13-7-1-3-8(4-2-7)17-12-6-10(15)9(14)5-11(12)16/h1-6,13-16H. The van der Waals surface area contributed by atoms with Crippen LogP contribution in [-0.2, 0) is 0 Å². The SMILES string of the molecule is Oc1ccc(Oc2cc(O)c(O)cc2O)cc1. The molecule has 0 amide bonds. The monoisotopic (exact) mass is 234 g/mol. The second-order valence-corrected chi connectivity index (χ2v) is 3.40. The summed E-state index contributed by atoms with van der Waals surface area (Å²) in [7, 11) is 0. The van der Waals surface area contributed by atoms with Gasteiger partial charge in [-0.1, -0.05) is 0 Å². The summed E-state index contributed by atoms with van der Waals surface area (Å²) in [5, 5.41) is 37.0. The van der Waals surface area contributed by atoms with Crippen molar-refractivity contribution in [3.8, 4) is 34.5 Å². The van der Waals surface area contributed by atoms with Gasteiger partial charge in [0.2, 0.25) is 0 Å². The van der Waals surface area contributed by atoms with Crippen LogP contribution in [0.1, 0.15) is 0 Å². The summed E-state index contributed by atoms with van der Waals surface area (Å²) >= 11 is 0. The molecule has 0 unspecified atom stereocenters. The first-order valence-electron chi connectivity index (χ1n) is 4.78. The molecule has 0 atom stereocenters. The molecule has 0 aliphatic carbocycles. The molecule has 2 aromatic carbocycles. The number of rotatable bonds is 2. The zero-order valence-corrected chi connectivity index (χ0v) is 8.66. The van der Waals surface area contributed by atoms with Crippen molar-refractivity contribution in [1.29, 1.82) is 0 Å². The van der Waals surface area contributed by atoms with Gasteiger partial charge < -0.3 is 25.2 Å². The lowest BCUT2D eigenvalue weighted by atomic mass is 10.2. The van der Waals surface area contributed by atoms with Crippen LogP contribution in [0.2, 0.25) is 0 Å². The molecule has 0 bridgehead atoms. The van der Waals surface area contributed by atoms with E-state index in [0.717, 1.165) is 12.1 Å². The number of benzene rings is 2. The van der Waals surface area contributed by atoms with E-state index in [0.29, 0.717) is 5.75 Å². The summed E-state index contributed by atoms with van der Waals surface area (Å²) in [6.07, 6.45) is 0. The van der Waals surface area contributed by atoms with Crippen LogP contribution in [-0.4, -0.2) is 20.4 Å². The first-order valence-corrected chi connectivity index (χ1v) is 4.78. The highest BCUT2D eigenvalue weighted by Gasteiger charge is 2.09. The molecule has 0 aliphatic heterocycles. The molecule has 5 nitrogen and oxygen atoms in total. The first kappa shape index (κ1) is 10.9. The Labute approximate surface area is 96.8 Å². The fourth-order valence-corrected chi connectivity index (χ4v) is 1.27. The third kappa shape index (κ3) is 2.34. The van der Waals surface area contributed by atoms with Gasteiger partial charge in [0, 0.05) is 12.1 Å². The van der Waals surface area contributed by atoms with Crippen LogP contribution < -0.4 is 4.74 Å². The Morgan fingerprint density at radius 1 is 0.706 bits per heavy atom. The van der Waals surface area contributed by atoms with Gasteiger partial charge in [-0.2, -0.15) is 0 Å². The molecule has 0 fully saturated rings. The molecule has 2 aromatic rings. The van der Waals surface area contributed by atoms with E-state index in [4.69, 9.17) is 14.9 Å². The molecule has 0 aliphatic rings. The molecule has 0 radical (unpaired) electrons. The van der Waals surface area contributed by atoms with Crippen LogP contribution in [0.3, 0.4) is 0 Å². The van der Waals surface area contributed by atoms with E-state index in [1.807, 2.05) is 0 Å². The molecule has 2 rings (SSSR count). The van der Waals surface area contributed by atoms with Crippen LogP contribution in [0.4, 0.5) is 0 Å². The average molecular weight is 234 g/mol. The van der Waals surface area contributed by atoms with Crippen LogP contribution in [0.15, 0.2) is 36.4 Å². The maximum atomic E-state index is 9.49. The lowest BCUT2D eigenvalue weighted by molar-refractivity contribution is 0.377. The highest BCUT2D eigenvalue weighted by atomic mass is 16.5. The highest BCUT2D eigenvalue weighted by molar-refractivity contribution is 5.53. The predicted octanol–water partition coefficient (Wildman–Crippen LogP) is 2.30. The van der Waals surface area contributed by atoms with Crippen LogP contribution in [0.5, 0.6) is 34.5 Å². The minimum atomic E-state index is -0.430. The predicted molar refractivity (Wildman–Crippen MR) is 59.6 cm³/mol. The van der Waals surface area contributed by atoms with E-state index >= 15 is 0 Å². The Morgan fingerprint density at radius 3 is 1.94 bits per heavy atom. The van der Waals surface area contributed by atoms with Crippen molar-refractivity contribution in [3.05, 3.63) is 36.4 Å². The lowest BCUT2D eigenvalue weighted by Gasteiger charge is -2.08. The molecule has 88 valence electrons. The Hall–Kier alpha value is -2.56. The summed E-state index contributed by atoms with van der Waals surface area (Å²) < 4.78 is 5.27. The normalized spacial score (nSPS) is 10.1. The second-order valence-electron chi connectivity index (χ2n) is 3.40. The lowest BCUT2D eigenvalue weighted by Crippen LogP contribution is -1.84. The summed E-state index contributed by atoms with van der Waals surface area (Å²) in [5.41, 5.74) is 0. The number of hydrogen-bond donors (Lipinski definition) is 4. The quantitative estimate of drug-likeness (QED) is 0.473. The van der Waals surface area contributed by atoms with Gasteiger partial charge in [-0.05, 0) is 24.3 Å². The number of aromatic hydroxyl groups is 4. The van der Waals surface area contributed by atoms with E-state index in [1.54, 1.807) is 0 Å². The molecule has 5 heteroatoms. The Kier molecular flexibility index (Phi) is 2.66. The molecule has 17 heavy (non-hydrogen) atoms. The van der Waals surface area contributed by atoms with Gasteiger partial charge in [-0.25, -0.2) is 0 Å². The van der Waals surface area contributed by atoms with Crippen molar-refractivity contribution in [2.45, 2.75) is 0 Å². The van der Waals surface area contributed by atoms with E-state index in [1.165, 1.54) is 24.3 Å². The van der Waals surface area contributed by atoms with Gasteiger partial charge in [0.15, 0.2) is 23.0 Å². The van der Waals surface area contributed by atoms with Crippen molar-refractivity contribution >= 4 is 0 Å². The van der Waals surface area contributed by atoms with Gasteiger partial charge >= 0.3 is 0 Å². The zero-order valence-electron chi connectivity index (χ0n) is 8.66. The third-order valence-electron chi connectivity index (χ3n) is 2.12. The highest BCUT2D eigenvalue weighted by Crippen LogP contribution is 2.39. The van der Waals surface area contributed by atoms with Crippen LogP contribution in [0, 0.1) is 0 Å². The van der Waals surface area contributed by atoms with E-state index in [9.17, 15) is 10.2 Å².